The molecule has 0 aliphatic carbocycles. The molecule has 2 rings (SSSR count). The van der Waals surface area contributed by atoms with E-state index in [4.69, 9.17) is 0 Å². The maximum atomic E-state index is 13.9. The monoisotopic (exact) mass is 340 g/mol. The Bertz CT molecular complexity index is 751. The van der Waals surface area contributed by atoms with Gasteiger partial charge >= 0.3 is 5.76 Å². The number of amides is 1. The number of likely N-dealkylation sites (N-methyl/N-ethyl adjacent to an activating group) is 1. The first kappa shape index (κ1) is 17.5. The van der Waals surface area contributed by atoms with E-state index in [9.17, 15) is 14.0 Å². The van der Waals surface area contributed by atoms with Crippen molar-refractivity contribution in [2.75, 3.05) is 12.4 Å². The number of allylic oxidation sites excluding steroid dienone is 2. The van der Waals surface area contributed by atoms with Crippen molar-refractivity contribution in [2.24, 2.45) is 0 Å². The molecule has 0 unspecified atom stereocenters. The number of carbonyl (C=O) groups excluding carboxylic acids is 1. The van der Waals surface area contributed by atoms with Gasteiger partial charge in [0.1, 0.15) is 5.83 Å². The van der Waals surface area contributed by atoms with Gasteiger partial charge in [0.15, 0.2) is 5.82 Å². The molecule has 12 heteroatoms. The smallest absolute Gasteiger partial charge is 0.309 e. The van der Waals surface area contributed by atoms with Gasteiger partial charge in [0.05, 0.1) is 12.6 Å². The number of nitrogens with zero attached hydrogens (tertiary/aromatic N) is 5. The molecule has 24 heavy (non-hydrogen) atoms. The van der Waals surface area contributed by atoms with Crippen molar-refractivity contribution in [2.45, 2.75) is 32.4 Å². The van der Waals surface area contributed by atoms with Crippen LogP contribution in [0.15, 0.2) is 21.2 Å². The summed E-state index contributed by atoms with van der Waals surface area (Å²) < 4.78 is 19.4. The zero-order valence-electron chi connectivity index (χ0n) is 13.1. The second-order valence-corrected chi connectivity index (χ2v) is 4.88. The third-order valence-corrected chi connectivity index (χ3v) is 3.24. The number of hydrogen-bond donors (Lipinski definition) is 3. The average Bonchev–Trinajstić information content (AvgIpc) is 3.16. The molecule has 2 heterocycles. The second kappa shape index (κ2) is 8.10. The van der Waals surface area contributed by atoms with Crippen LogP contribution in [0.4, 0.5) is 10.3 Å². The molecule has 2 aromatic rings. The number of hydrogen-bond acceptors (Lipinski definition) is 8. The van der Waals surface area contributed by atoms with Crippen molar-refractivity contribution >= 4 is 11.9 Å². The van der Waals surface area contributed by atoms with Gasteiger partial charge in [-0.2, -0.15) is 5.21 Å². The van der Waals surface area contributed by atoms with Gasteiger partial charge in [-0.05, 0) is 32.0 Å². The Hall–Kier alpha value is -2.89. The van der Waals surface area contributed by atoms with Crippen LogP contribution in [0, 0.1) is 6.92 Å². The van der Waals surface area contributed by atoms with Crippen LogP contribution < -0.4 is 16.4 Å². The number of carbonyl (C=O) groups is 1. The quantitative estimate of drug-likeness (QED) is 0.584. The molecule has 0 fully saturated rings. The van der Waals surface area contributed by atoms with Gasteiger partial charge in [-0.1, -0.05) is 16.3 Å². The Morgan fingerprint density at radius 1 is 1.54 bits per heavy atom. The predicted octanol–water partition coefficient (Wildman–Crippen LogP) is -0.482. The van der Waals surface area contributed by atoms with Crippen LogP contribution in [0.3, 0.4) is 0 Å². The average molecular weight is 340 g/mol. The predicted molar refractivity (Wildman–Crippen MR) is 79.6 cm³/mol. The summed E-state index contributed by atoms with van der Waals surface area (Å²) in [6, 6.07) is -0.562. The highest BCUT2D eigenvalue weighted by Gasteiger charge is 2.17. The lowest BCUT2D eigenvalue weighted by Gasteiger charge is -2.13. The molecule has 0 saturated heterocycles. The highest BCUT2D eigenvalue weighted by Crippen LogP contribution is 2.07. The Kier molecular flexibility index (Phi) is 5.89. The van der Waals surface area contributed by atoms with Gasteiger partial charge < -0.3 is 5.32 Å². The topological polar surface area (TPSA) is 144 Å². The third-order valence-electron chi connectivity index (χ3n) is 3.24. The van der Waals surface area contributed by atoms with Gasteiger partial charge in [0.2, 0.25) is 5.91 Å². The maximum Gasteiger partial charge on any atom is 0.441 e. The molecular weight excluding hydrogens is 323 g/mol. The van der Waals surface area contributed by atoms with Crippen LogP contribution in [0.25, 0.3) is 0 Å². The molecule has 0 aliphatic heterocycles. The van der Waals surface area contributed by atoms with Gasteiger partial charge in [0, 0.05) is 0 Å². The Morgan fingerprint density at radius 3 is 2.92 bits per heavy atom. The fourth-order valence-corrected chi connectivity index (χ4v) is 1.96. The fraction of sp³-hybridized carbons (Fsp3) is 0.500. The molecule has 130 valence electrons. The normalized spacial score (nSPS) is 13.0. The Labute approximate surface area is 135 Å². The minimum Gasteiger partial charge on any atom is -0.309 e. The van der Waals surface area contributed by atoms with E-state index in [0.717, 1.165) is 4.57 Å². The summed E-state index contributed by atoms with van der Waals surface area (Å²) in [6.07, 6.45) is 1.94. The Balaban J connectivity index is 1.86. The van der Waals surface area contributed by atoms with Crippen LogP contribution in [-0.2, 0) is 11.3 Å². The summed E-state index contributed by atoms with van der Waals surface area (Å²) in [5.74, 6) is -1.25. The summed E-state index contributed by atoms with van der Waals surface area (Å²) in [7, 11) is 1.61. The minimum absolute atomic E-state index is 0.0595. The molecule has 1 amide bonds. The van der Waals surface area contributed by atoms with E-state index < -0.39 is 17.6 Å². The highest BCUT2D eigenvalue weighted by molar-refractivity contribution is 5.93. The summed E-state index contributed by atoms with van der Waals surface area (Å²) >= 11 is 0. The highest BCUT2D eigenvalue weighted by atomic mass is 19.1. The lowest BCUT2D eigenvalue weighted by Crippen LogP contribution is -2.38. The number of aromatic amines is 1. The second-order valence-electron chi connectivity index (χ2n) is 4.88. The van der Waals surface area contributed by atoms with Gasteiger partial charge in [-0.15, -0.1) is 5.10 Å². The standard InChI is InChI=1S/C12H17FN8O3/c1-7-18-24-12(23)21(7)6-8(13)4-3-5-9(14-2)10(22)15-11-16-19-20-17-11/h4,9,14H,3,5-6H2,1-2H3,(H2,15,16,17,19,20,22)/b8-4+/t9-/m0/s1. The van der Waals surface area contributed by atoms with E-state index >= 15 is 0 Å². The molecule has 0 bridgehead atoms. The number of halogens is 1. The molecule has 2 aromatic heterocycles. The minimum atomic E-state index is -0.719. The molecule has 0 spiro atoms. The molecule has 3 N–H and O–H groups in total. The number of anilines is 1. The third kappa shape index (κ3) is 4.55. The first-order chi connectivity index (χ1) is 11.5. The number of tetrazole rings is 1. The van der Waals surface area contributed by atoms with E-state index in [1.807, 2.05) is 0 Å². The van der Waals surface area contributed by atoms with Crippen molar-refractivity contribution in [3.05, 3.63) is 28.3 Å². The summed E-state index contributed by atoms with van der Waals surface area (Å²) in [5, 5.41) is 21.5. The van der Waals surface area contributed by atoms with E-state index in [1.54, 1.807) is 7.05 Å². The van der Waals surface area contributed by atoms with Crippen LogP contribution in [0.5, 0.6) is 0 Å². The summed E-state index contributed by atoms with van der Waals surface area (Å²) in [5.41, 5.74) is 0. The molecule has 11 nitrogen and oxygen atoms in total. The van der Waals surface area contributed by atoms with Gasteiger partial charge in [0.25, 0.3) is 5.95 Å². The lowest BCUT2D eigenvalue weighted by molar-refractivity contribution is -0.118. The maximum absolute atomic E-state index is 13.9. The number of rotatable bonds is 8. The zero-order valence-corrected chi connectivity index (χ0v) is 13.1. The zero-order chi connectivity index (χ0) is 17.5. The fourth-order valence-electron chi connectivity index (χ4n) is 1.96. The van der Waals surface area contributed by atoms with Crippen molar-refractivity contribution in [1.29, 1.82) is 0 Å². The number of aryl methyl sites for hydroxylation is 1. The first-order valence-corrected chi connectivity index (χ1v) is 7.10. The van der Waals surface area contributed by atoms with Crippen molar-refractivity contribution in [3.8, 4) is 0 Å². The summed E-state index contributed by atoms with van der Waals surface area (Å²) in [6.45, 7) is 1.28. The van der Waals surface area contributed by atoms with E-state index in [-0.39, 0.29) is 30.6 Å². The molecule has 0 radical (unpaired) electrons. The molecule has 1 atom stereocenters. The summed E-state index contributed by atoms with van der Waals surface area (Å²) in [4.78, 5) is 23.3. The number of aromatic nitrogens is 6. The van der Waals surface area contributed by atoms with E-state index in [1.165, 1.54) is 13.0 Å². The van der Waals surface area contributed by atoms with Gasteiger partial charge in [-0.3, -0.25) is 19.2 Å². The molecular formula is C12H17FN8O3. The van der Waals surface area contributed by atoms with E-state index in [2.05, 4.69) is 40.9 Å². The van der Waals surface area contributed by atoms with E-state index in [0.29, 0.717) is 6.42 Å². The SMILES string of the molecule is CN[C@@H](CC/C=C(/F)Cn1c(C)noc1=O)C(=O)Nc1nn[nH]n1. The van der Waals surface area contributed by atoms with Crippen LogP contribution in [0.2, 0.25) is 0 Å². The first-order valence-electron chi connectivity index (χ1n) is 7.10. The number of H-pyrrole nitrogens is 1. The van der Waals surface area contributed by atoms with Crippen molar-refractivity contribution in [1.82, 2.24) is 35.7 Å². The lowest BCUT2D eigenvalue weighted by atomic mass is 10.1. The van der Waals surface area contributed by atoms with Crippen LogP contribution >= 0.6 is 0 Å². The van der Waals surface area contributed by atoms with Crippen LogP contribution in [-0.4, -0.2) is 49.3 Å². The molecule has 0 saturated carbocycles. The Morgan fingerprint density at radius 2 is 2.33 bits per heavy atom. The van der Waals surface area contributed by atoms with Crippen LogP contribution in [0.1, 0.15) is 18.7 Å². The number of nitrogens with one attached hydrogen (secondary N) is 3. The van der Waals surface area contributed by atoms with Crippen molar-refractivity contribution < 1.29 is 13.7 Å². The largest absolute Gasteiger partial charge is 0.441 e. The molecule has 0 aliphatic rings. The molecule has 0 aromatic carbocycles. The van der Waals surface area contributed by atoms with Crippen molar-refractivity contribution in [3.63, 3.8) is 0 Å². The van der Waals surface area contributed by atoms with Gasteiger partial charge in [-0.25, -0.2) is 9.18 Å².